The first-order valence-electron chi connectivity index (χ1n) is 6.72. The predicted octanol–water partition coefficient (Wildman–Crippen LogP) is 4.32. The maximum atomic E-state index is 6.51. The largest absolute Gasteiger partial charge is 0.495 e. The van der Waals surface area contributed by atoms with Crippen LogP contribution < -0.4 is 10.5 Å². The Morgan fingerprint density at radius 1 is 1.39 bits per heavy atom. The summed E-state index contributed by atoms with van der Waals surface area (Å²) in [4.78, 5) is 0. The van der Waals surface area contributed by atoms with Crippen LogP contribution in [0.3, 0.4) is 0 Å². The van der Waals surface area contributed by atoms with Gasteiger partial charge in [-0.2, -0.15) is 0 Å². The molecule has 2 nitrogen and oxygen atoms in total. The molecule has 1 atom stereocenters. The van der Waals surface area contributed by atoms with E-state index >= 15 is 0 Å². The molecule has 1 fully saturated rings. The summed E-state index contributed by atoms with van der Waals surface area (Å²) in [5, 5.41) is 0.648. The zero-order valence-electron chi connectivity index (χ0n) is 11.2. The van der Waals surface area contributed by atoms with Gasteiger partial charge in [-0.05, 0) is 42.4 Å². The number of rotatable bonds is 4. The van der Waals surface area contributed by atoms with Crippen LogP contribution in [0.15, 0.2) is 18.2 Å². The summed E-state index contributed by atoms with van der Waals surface area (Å²) >= 11 is 6.19. The van der Waals surface area contributed by atoms with Crippen molar-refractivity contribution in [3.05, 3.63) is 28.8 Å². The Hall–Kier alpha value is -0.730. The molecule has 0 heterocycles. The third kappa shape index (κ3) is 2.36. The lowest BCUT2D eigenvalue weighted by molar-refractivity contribution is 0.222. The average Bonchev–Trinajstić information content (AvgIpc) is 2.87. The zero-order valence-corrected chi connectivity index (χ0v) is 12.0. The van der Waals surface area contributed by atoms with E-state index in [-0.39, 0.29) is 11.5 Å². The minimum absolute atomic E-state index is 0.0772. The smallest absolute Gasteiger partial charge is 0.137 e. The van der Waals surface area contributed by atoms with Gasteiger partial charge in [0.15, 0.2) is 0 Å². The molecule has 0 spiro atoms. The molecule has 1 saturated carbocycles. The molecule has 0 aromatic heterocycles. The second-order valence-corrected chi connectivity index (χ2v) is 5.70. The number of ether oxygens (including phenoxy) is 1. The van der Waals surface area contributed by atoms with Gasteiger partial charge < -0.3 is 10.5 Å². The van der Waals surface area contributed by atoms with Crippen molar-refractivity contribution in [1.82, 2.24) is 0 Å². The summed E-state index contributed by atoms with van der Waals surface area (Å²) in [6, 6.07) is 6.00. The predicted molar refractivity (Wildman–Crippen MR) is 76.1 cm³/mol. The van der Waals surface area contributed by atoms with E-state index in [4.69, 9.17) is 22.1 Å². The molecule has 18 heavy (non-hydrogen) atoms. The second kappa shape index (κ2) is 5.50. The number of methoxy groups -OCH3 is 1. The van der Waals surface area contributed by atoms with E-state index in [1.165, 1.54) is 25.7 Å². The summed E-state index contributed by atoms with van der Waals surface area (Å²) < 4.78 is 5.18. The number of nitrogens with two attached hydrogens (primary N) is 1. The van der Waals surface area contributed by atoms with Crippen molar-refractivity contribution >= 4 is 11.6 Å². The number of hydrogen-bond acceptors (Lipinski definition) is 2. The lowest BCUT2D eigenvalue weighted by atomic mass is 9.74. The van der Waals surface area contributed by atoms with Gasteiger partial charge in [-0.15, -0.1) is 0 Å². The fourth-order valence-corrected chi connectivity index (χ4v) is 3.46. The first-order chi connectivity index (χ1) is 8.63. The summed E-state index contributed by atoms with van der Waals surface area (Å²) in [5.41, 5.74) is 7.90. The fraction of sp³-hybridized carbons (Fsp3) is 0.600. The van der Waals surface area contributed by atoms with Crippen molar-refractivity contribution < 1.29 is 4.74 Å². The minimum atomic E-state index is 0.0772. The van der Waals surface area contributed by atoms with Crippen molar-refractivity contribution in [3.63, 3.8) is 0 Å². The van der Waals surface area contributed by atoms with E-state index in [9.17, 15) is 0 Å². The van der Waals surface area contributed by atoms with Crippen molar-refractivity contribution in [2.24, 2.45) is 11.1 Å². The molecule has 0 saturated heterocycles. The highest BCUT2D eigenvalue weighted by molar-refractivity contribution is 6.32. The van der Waals surface area contributed by atoms with Crippen LogP contribution in [0.25, 0.3) is 0 Å². The van der Waals surface area contributed by atoms with Gasteiger partial charge in [-0.3, -0.25) is 0 Å². The van der Waals surface area contributed by atoms with Crippen molar-refractivity contribution in [3.8, 4) is 5.75 Å². The van der Waals surface area contributed by atoms with Gasteiger partial charge in [0.1, 0.15) is 5.75 Å². The molecular formula is C15H22ClNO. The zero-order chi connectivity index (χ0) is 13.2. The molecule has 0 aliphatic heterocycles. The second-order valence-electron chi connectivity index (χ2n) is 5.29. The third-order valence-electron chi connectivity index (χ3n) is 4.50. The van der Waals surface area contributed by atoms with Crippen LogP contribution >= 0.6 is 11.6 Å². The Morgan fingerprint density at radius 3 is 2.56 bits per heavy atom. The molecule has 1 aromatic carbocycles. The van der Waals surface area contributed by atoms with E-state index in [0.29, 0.717) is 10.8 Å². The molecule has 1 aliphatic rings. The Morgan fingerprint density at radius 2 is 2.06 bits per heavy atom. The molecule has 100 valence electrons. The molecule has 0 bridgehead atoms. The van der Waals surface area contributed by atoms with Crippen molar-refractivity contribution in [2.75, 3.05) is 7.11 Å². The average molecular weight is 268 g/mol. The fourth-order valence-electron chi connectivity index (χ4n) is 3.19. The van der Waals surface area contributed by atoms with Crippen LogP contribution in [0.5, 0.6) is 5.75 Å². The van der Waals surface area contributed by atoms with E-state index in [0.717, 1.165) is 12.0 Å². The Labute approximate surface area is 114 Å². The van der Waals surface area contributed by atoms with Gasteiger partial charge in [0.05, 0.1) is 12.1 Å². The quantitative estimate of drug-likeness (QED) is 0.882. The SMILES string of the molecule is CCC1(C(N)c2ccc(OC)c(Cl)c2)CCCC1. The highest BCUT2D eigenvalue weighted by Gasteiger charge is 2.38. The number of hydrogen-bond donors (Lipinski definition) is 1. The third-order valence-corrected chi connectivity index (χ3v) is 4.79. The van der Waals surface area contributed by atoms with E-state index in [2.05, 4.69) is 6.92 Å². The van der Waals surface area contributed by atoms with E-state index < -0.39 is 0 Å². The van der Waals surface area contributed by atoms with Crippen LogP contribution in [0, 0.1) is 5.41 Å². The van der Waals surface area contributed by atoms with Crippen LogP contribution in [0.4, 0.5) is 0 Å². The molecule has 1 unspecified atom stereocenters. The summed E-state index contributed by atoms with van der Waals surface area (Å²) in [6.07, 6.45) is 6.19. The van der Waals surface area contributed by atoms with E-state index in [1.54, 1.807) is 7.11 Å². The monoisotopic (exact) mass is 267 g/mol. The highest BCUT2D eigenvalue weighted by atomic mass is 35.5. The van der Waals surface area contributed by atoms with Gasteiger partial charge in [-0.1, -0.05) is 37.4 Å². The minimum Gasteiger partial charge on any atom is -0.495 e. The summed E-state index contributed by atoms with van der Waals surface area (Å²) in [6.45, 7) is 2.25. The Balaban J connectivity index is 2.27. The first kappa shape index (κ1) is 13.7. The molecule has 3 heteroatoms. The number of benzene rings is 1. The normalized spacial score (nSPS) is 19.8. The van der Waals surface area contributed by atoms with Gasteiger partial charge in [0, 0.05) is 6.04 Å². The summed E-state index contributed by atoms with van der Waals surface area (Å²) in [7, 11) is 1.63. The molecular weight excluding hydrogens is 246 g/mol. The standard InChI is InChI=1S/C15H22ClNO/c1-3-15(8-4-5-9-15)14(17)11-6-7-13(18-2)12(16)10-11/h6-7,10,14H,3-5,8-9,17H2,1-2H3. The van der Waals surface area contributed by atoms with Gasteiger partial charge in [0.25, 0.3) is 0 Å². The van der Waals surface area contributed by atoms with E-state index in [1.807, 2.05) is 18.2 Å². The van der Waals surface area contributed by atoms with Crippen molar-refractivity contribution in [2.45, 2.75) is 45.1 Å². The molecule has 2 rings (SSSR count). The van der Waals surface area contributed by atoms with Crippen LogP contribution in [0.2, 0.25) is 5.02 Å². The van der Waals surface area contributed by atoms with Gasteiger partial charge >= 0.3 is 0 Å². The lowest BCUT2D eigenvalue weighted by Crippen LogP contribution is -2.31. The molecule has 1 aromatic rings. The Bertz CT molecular complexity index is 413. The first-order valence-corrected chi connectivity index (χ1v) is 7.10. The summed E-state index contributed by atoms with van der Waals surface area (Å²) in [5.74, 6) is 0.713. The lowest BCUT2D eigenvalue weighted by Gasteiger charge is -2.34. The topological polar surface area (TPSA) is 35.2 Å². The van der Waals surface area contributed by atoms with Crippen LogP contribution in [-0.4, -0.2) is 7.11 Å². The highest BCUT2D eigenvalue weighted by Crippen LogP contribution is 2.49. The van der Waals surface area contributed by atoms with Crippen LogP contribution in [0.1, 0.15) is 50.6 Å². The van der Waals surface area contributed by atoms with Crippen molar-refractivity contribution in [1.29, 1.82) is 0 Å². The van der Waals surface area contributed by atoms with Gasteiger partial charge in [0.2, 0.25) is 0 Å². The number of halogens is 1. The molecule has 0 radical (unpaired) electrons. The molecule has 2 N–H and O–H groups in total. The van der Waals surface area contributed by atoms with Crippen LogP contribution in [-0.2, 0) is 0 Å². The maximum absolute atomic E-state index is 6.51. The van der Waals surface area contributed by atoms with Gasteiger partial charge in [-0.25, -0.2) is 0 Å². The maximum Gasteiger partial charge on any atom is 0.137 e. The Kier molecular flexibility index (Phi) is 4.18. The molecule has 1 aliphatic carbocycles. The molecule has 0 amide bonds.